The van der Waals surface area contributed by atoms with Crippen molar-refractivity contribution in [3.05, 3.63) is 29.8 Å². The van der Waals surface area contributed by atoms with Crippen LogP contribution in [0.1, 0.15) is 49.4 Å². The van der Waals surface area contributed by atoms with Gasteiger partial charge in [-0.2, -0.15) is 0 Å². The Labute approximate surface area is 145 Å². The van der Waals surface area contributed by atoms with E-state index in [9.17, 15) is 9.59 Å². The normalized spacial score (nSPS) is 15.2. The van der Waals surface area contributed by atoms with Crippen molar-refractivity contribution in [1.29, 1.82) is 0 Å². The molecule has 2 amide bonds. The van der Waals surface area contributed by atoms with Crippen molar-refractivity contribution in [3.8, 4) is 0 Å². The predicted octanol–water partition coefficient (Wildman–Crippen LogP) is 2.66. The van der Waals surface area contributed by atoms with Crippen LogP contribution in [-0.2, 0) is 4.79 Å². The van der Waals surface area contributed by atoms with Crippen molar-refractivity contribution >= 4 is 17.5 Å². The summed E-state index contributed by atoms with van der Waals surface area (Å²) >= 11 is 0. The zero-order chi connectivity index (χ0) is 17.5. The summed E-state index contributed by atoms with van der Waals surface area (Å²) in [4.78, 5) is 28.4. The van der Waals surface area contributed by atoms with Gasteiger partial charge < -0.3 is 15.1 Å². The van der Waals surface area contributed by atoms with Crippen LogP contribution in [0.3, 0.4) is 0 Å². The van der Waals surface area contributed by atoms with Crippen molar-refractivity contribution in [1.82, 2.24) is 10.2 Å². The summed E-state index contributed by atoms with van der Waals surface area (Å²) in [5, 5.41) is 3.09. The Balaban J connectivity index is 1.86. The van der Waals surface area contributed by atoms with Crippen LogP contribution in [0.5, 0.6) is 0 Å². The lowest BCUT2D eigenvalue weighted by molar-refractivity contribution is -0.122. The molecule has 0 atom stereocenters. The molecule has 0 aliphatic carbocycles. The van der Waals surface area contributed by atoms with Gasteiger partial charge in [-0.3, -0.25) is 9.59 Å². The number of carbonyl (C=O) groups is 2. The number of nitrogens with one attached hydrogen (secondary N) is 1. The Kier molecular flexibility index (Phi) is 6.64. The molecule has 1 aromatic carbocycles. The van der Waals surface area contributed by atoms with Gasteiger partial charge in [-0.05, 0) is 37.5 Å². The number of benzene rings is 1. The number of hydrogen-bond acceptors (Lipinski definition) is 3. The summed E-state index contributed by atoms with van der Waals surface area (Å²) < 4.78 is 0. The molecule has 132 valence electrons. The van der Waals surface area contributed by atoms with Crippen LogP contribution in [0, 0.1) is 0 Å². The lowest BCUT2D eigenvalue weighted by Gasteiger charge is -2.32. The number of anilines is 1. The zero-order valence-electron chi connectivity index (χ0n) is 15.0. The van der Waals surface area contributed by atoms with Gasteiger partial charge in [-0.15, -0.1) is 0 Å². The molecule has 24 heavy (non-hydrogen) atoms. The number of likely N-dealkylation sites (tertiary alicyclic amines) is 1. The third-order valence-corrected chi connectivity index (χ3v) is 4.51. The molecule has 5 heteroatoms. The molecule has 2 rings (SSSR count). The standard InChI is InChI=1S/C19H29N3O2/c1-4-5-9-18(23)20-16-10-12-22(13-11-16)19(24)15-7-6-8-17(14-15)21(2)3/h6-8,14,16H,4-5,9-13H2,1-3H3,(H,20,23). The molecule has 1 aliphatic rings. The summed E-state index contributed by atoms with van der Waals surface area (Å²) in [5.74, 6) is 0.217. The Bertz CT molecular complexity index is 563. The monoisotopic (exact) mass is 331 g/mol. The first-order valence-corrected chi connectivity index (χ1v) is 8.87. The molecule has 0 bridgehead atoms. The molecule has 0 radical (unpaired) electrons. The quantitative estimate of drug-likeness (QED) is 0.872. The molecule has 0 spiro atoms. The van der Waals surface area contributed by atoms with Gasteiger partial charge in [0.15, 0.2) is 0 Å². The van der Waals surface area contributed by atoms with E-state index in [0.717, 1.165) is 36.9 Å². The highest BCUT2D eigenvalue weighted by Crippen LogP contribution is 2.18. The number of unbranched alkanes of at least 4 members (excludes halogenated alkanes) is 1. The van der Waals surface area contributed by atoms with Crippen LogP contribution in [0.15, 0.2) is 24.3 Å². The molecule has 0 unspecified atom stereocenters. The Morgan fingerprint density at radius 3 is 2.58 bits per heavy atom. The minimum atomic E-state index is 0.0782. The van der Waals surface area contributed by atoms with Crippen LogP contribution >= 0.6 is 0 Å². The fraction of sp³-hybridized carbons (Fsp3) is 0.579. The maximum absolute atomic E-state index is 12.7. The molecule has 1 N–H and O–H groups in total. The Morgan fingerprint density at radius 2 is 1.96 bits per heavy atom. The lowest BCUT2D eigenvalue weighted by atomic mass is 10.0. The lowest BCUT2D eigenvalue weighted by Crippen LogP contribution is -2.46. The van der Waals surface area contributed by atoms with E-state index in [0.29, 0.717) is 19.5 Å². The maximum atomic E-state index is 12.7. The first kappa shape index (κ1) is 18.3. The first-order valence-electron chi connectivity index (χ1n) is 8.87. The van der Waals surface area contributed by atoms with E-state index in [1.165, 1.54) is 0 Å². The highest BCUT2D eigenvalue weighted by Gasteiger charge is 2.24. The van der Waals surface area contributed by atoms with Gasteiger partial charge in [-0.1, -0.05) is 19.4 Å². The van der Waals surface area contributed by atoms with Gasteiger partial charge in [-0.25, -0.2) is 0 Å². The van der Waals surface area contributed by atoms with Crippen LogP contribution in [-0.4, -0.2) is 49.9 Å². The number of piperidine rings is 1. The second kappa shape index (κ2) is 8.71. The zero-order valence-corrected chi connectivity index (χ0v) is 15.0. The van der Waals surface area contributed by atoms with E-state index in [2.05, 4.69) is 12.2 Å². The maximum Gasteiger partial charge on any atom is 0.253 e. The summed E-state index contributed by atoms with van der Waals surface area (Å²) in [6, 6.07) is 7.92. The highest BCUT2D eigenvalue weighted by molar-refractivity contribution is 5.95. The first-order chi connectivity index (χ1) is 11.5. The number of hydrogen-bond donors (Lipinski definition) is 1. The molecule has 1 saturated heterocycles. The van der Waals surface area contributed by atoms with Crippen molar-refractivity contribution in [2.45, 2.75) is 45.1 Å². The topological polar surface area (TPSA) is 52.7 Å². The minimum absolute atomic E-state index is 0.0782. The summed E-state index contributed by atoms with van der Waals surface area (Å²) in [6.45, 7) is 3.48. The minimum Gasteiger partial charge on any atom is -0.378 e. The Hall–Kier alpha value is -2.04. The Morgan fingerprint density at radius 1 is 1.25 bits per heavy atom. The van der Waals surface area contributed by atoms with Crippen molar-refractivity contribution < 1.29 is 9.59 Å². The molecule has 1 fully saturated rings. The molecule has 1 aliphatic heterocycles. The van der Waals surface area contributed by atoms with E-state index < -0.39 is 0 Å². The van der Waals surface area contributed by atoms with E-state index >= 15 is 0 Å². The molecule has 1 aromatic rings. The average Bonchev–Trinajstić information content (AvgIpc) is 2.60. The van der Waals surface area contributed by atoms with E-state index in [4.69, 9.17) is 0 Å². The van der Waals surface area contributed by atoms with Crippen molar-refractivity contribution in [2.75, 3.05) is 32.1 Å². The van der Waals surface area contributed by atoms with Gasteiger partial charge in [0, 0.05) is 50.9 Å². The molecular weight excluding hydrogens is 302 g/mol. The SMILES string of the molecule is CCCCC(=O)NC1CCN(C(=O)c2cccc(N(C)C)c2)CC1. The number of carbonyl (C=O) groups excluding carboxylic acids is 2. The largest absolute Gasteiger partial charge is 0.378 e. The second-order valence-corrected chi connectivity index (χ2v) is 6.68. The van der Waals surface area contributed by atoms with Crippen LogP contribution < -0.4 is 10.2 Å². The van der Waals surface area contributed by atoms with Crippen molar-refractivity contribution in [2.24, 2.45) is 0 Å². The van der Waals surface area contributed by atoms with E-state index in [1.54, 1.807) is 0 Å². The van der Waals surface area contributed by atoms with E-state index in [1.807, 2.05) is 48.2 Å². The van der Waals surface area contributed by atoms with Crippen LogP contribution in [0.25, 0.3) is 0 Å². The van der Waals surface area contributed by atoms with Gasteiger partial charge in [0.2, 0.25) is 5.91 Å². The van der Waals surface area contributed by atoms with Gasteiger partial charge >= 0.3 is 0 Å². The number of nitrogens with zero attached hydrogens (tertiary/aromatic N) is 2. The number of amides is 2. The molecular formula is C19H29N3O2. The smallest absolute Gasteiger partial charge is 0.253 e. The third kappa shape index (κ3) is 4.98. The average molecular weight is 331 g/mol. The summed E-state index contributed by atoms with van der Waals surface area (Å²) in [5.41, 5.74) is 1.76. The van der Waals surface area contributed by atoms with E-state index in [-0.39, 0.29) is 17.9 Å². The number of rotatable bonds is 6. The van der Waals surface area contributed by atoms with Crippen molar-refractivity contribution in [3.63, 3.8) is 0 Å². The van der Waals surface area contributed by atoms with Crippen LogP contribution in [0.4, 0.5) is 5.69 Å². The molecule has 0 aromatic heterocycles. The fourth-order valence-corrected chi connectivity index (χ4v) is 2.96. The van der Waals surface area contributed by atoms with Gasteiger partial charge in [0.05, 0.1) is 0 Å². The second-order valence-electron chi connectivity index (χ2n) is 6.68. The molecule has 0 saturated carbocycles. The third-order valence-electron chi connectivity index (χ3n) is 4.51. The molecule has 1 heterocycles. The predicted molar refractivity (Wildman–Crippen MR) is 97.4 cm³/mol. The fourth-order valence-electron chi connectivity index (χ4n) is 2.96. The molecule has 5 nitrogen and oxygen atoms in total. The van der Waals surface area contributed by atoms with Gasteiger partial charge in [0.1, 0.15) is 0 Å². The highest BCUT2D eigenvalue weighted by atomic mass is 16.2. The van der Waals surface area contributed by atoms with Gasteiger partial charge in [0.25, 0.3) is 5.91 Å². The summed E-state index contributed by atoms with van der Waals surface area (Å²) in [7, 11) is 3.94. The summed E-state index contributed by atoms with van der Waals surface area (Å²) in [6.07, 6.45) is 4.23. The van der Waals surface area contributed by atoms with Crippen LogP contribution in [0.2, 0.25) is 0 Å².